The van der Waals surface area contributed by atoms with Gasteiger partial charge in [-0.25, -0.2) is 4.79 Å². The van der Waals surface area contributed by atoms with Crippen molar-refractivity contribution in [2.75, 3.05) is 6.54 Å². The van der Waals surface area contributed by atoms with Gasteiger partial charge in [-0.05, 0) is 33.6 Å². The van der Waals surface area contributed by atoms with E-state index >= 15 is 0 Å². The molecule has 7 heteroatoms. The molecule has 0 aliphatic carbocycles. The standard InChI is InChI=1S/C21H24N4O3/c1-21(2,3)27-20(26)25-11-7-10-17(25)19-15(13-22-23-19)18-12-16(24-28-18)14-8-5-4-6-9-14/h4-6,8-9,12-13,17H,7,10-11H2,1-3H3,(H,22,23)/t17-/m1/s1. The van der Waals surface area contributed by atoms with Crippen molar-refractivity contribution in [1.82, 2.24) is 20.3 Å². The fourth-order valence-corrected chi connectivity index (χ4v) is 3.50. The van der Waals surface area contributed by atoms with Crippen LogP contribution in [0.15, 0.2) is 47.1 Å². The third kappa shape index (κ3) is 3.65. The zero-order chi connectivity index (χ0) is 19.7. The summed E-state index contributed by atoms with van der Waals surface area (Å²) >= 11 is 0. The summed E-state index contributed by atoms with van der Waals surface area (Å²) in [6, 6.07) is 11.6. The average Bonchev–Trinajstić information content (AvgIpc) is 3.39. The van der Waals surface area contributed by atoms with Crippen LogP contribution < -0.4 is 0 Å². The highest BCUT2D eigenvalue weighted by Gasteiger charge is 2.36. The number of carbonyl (C=O) groups excluding carboxylic acids is 1. The number of hydrogen-bond acceptors (Lipinski definition) is 5. The number of nitrogens with zero attached hydrogens (tertiary/aromatic N) is 3. The molecule has 3 heterocycles. The summed E-state index contributed by atoms with van der Waals surface area (Å²) in [5.41, 5.74) is 2.88. The Labute approximate surface area is 163 Å². The molecule has 1 aliphatic heterocycles. The summed E-state index contributed by atoms with van der Waals surface area (Å²) < 4.78 is 11.2. The number of aromatic amines is 1. The molecule has 1 aromatic carbocycles. The number of ether oxygens (including phenoxy) is 1. The van der Waals surface area contributed by atoms with E-state index in [1.165, 1.54) is 0 Å². The quantitative estimate of drug-likeness (QED) is 0.705. The van der Waals surface area contributed by atoms with Crippen LogP contribution in [0, 0.1) is 0 Å². The summed E-state index contributed by atoms with van der Waals surface area (Å²) in [6.07, 6.45) is 3.16. The first-order valence-electron chi connectivity index (χ1n) is 9.48. The number of rotatable bonds is 3. The molecule has 1 amide bonds. The minimum absolute atomic E-state index is 0.127. The summed E-state index contributed by atoms with van der Waals surface area (Å²) in [7, 11) is 0. The second kappa shape index (κ2) is 7.14. The molecular formula is C21H24N4O3. The molecule has 1 fully saturated rings. The predicted octanol–water partition coefficient (Wildman–Crippen LogP) is 4.80. The van der Waals surface area contributed by atoms with Gasteiger partial charge in [-0.15, -0.1) is 0 Å². The van der Waals surface area contributed by atoms with Gasteiger partial charge in [-0.2, -0.15) is 5.10 Å². The third-order valence-corrected chi connectivity index (χ3v) is 4.73. The SMILES string of the molecule is CC(C)(C)OC(=O)N1CCC[C@@H]1c1[nH]ncc1-c1cc(-c2ccccc2)no1. The Bertz CT molecular complexity index is 955. The maximum atomic E-state index is 12.6. The molecule has 146 valence electrons. The molecule has 0 saturated carbocycles. The number of nitrogens with one attached hydrogen (secondary N) is 1. The van der Waals surface area contributed by atoms with E-state index in [1.54, 1.807) is 11.1 Å². The second-order valence-corrected chi connectivity index (χ2v) is 7.97. The van der Waals surface area contributed by atoms with Crippen molar-refractivity contribution in [3.05, 3.63) is 48.3 Å². The van der Waals surface area contributed by atoms with Crippen LogP contribution in [-0.4, -0.2) is 38.5 Å². The maximum absolute atomic E-state index is 12.6. The Morgan fingerprint density at radius 3 is 2.82 bits per heavy atom. The zero-order valence-electron chi connectivity index (χ0n) is 16.3. The number of H-pyrrole nitrogens is 1. The Balaban J connectivity index is 1.61. The van der Waals surface area contributed by atoms with Gasteiger partial charge < -0.3 is 9.26 Å². The van der Waals surface area contributed by atoms with Gasteiger partial charge in [0.25, 0.3) is 0 Å². The Hall–Kier alpha value is -3.09. The van der Waals surface area contributed by atoms with Gasteiger partial charge in [-0.3, -0.25) is 10.00 Å². The Morgan fingerprint density at radius 1 is 1.29 bits per heavy atom. The molecular weight excluding hydrogens is 356 g/mol. The number of aromatic nitrogens is 3. The zero-order valence-corrected chi connectivity index (χ0v) is 16.3. The van der Waals surface area contributed by atoms with Crippen molar-refractivity contribution in [3.8, 4) is 22.6 Å². The maximum Gasteiger partial charge on any atom is 0.410 e. The monoisotopic (exact) mass is 380 g/mol. The smallest absolute Gasteiger partial charge is 0.410 e. The van der Waals surface area contributed by atoms with Crippen molar-refractivity contribution in [2.45, 2.75) is 45.3 Å². The van der Waals surface area contributed by atoms with E-state index in [4.69, 9.17) is 9.26 Å². The van der Waals surface area contributed by atoms with Crippen LogP contribution in [0.3, 0.4) is 0 Å². The van der Waals surface area contributed by atoms with Crippen LogP contribution in [0.4, 0.5) is 4.79 Å². The molecule has 0 spiro atoms. The van der Waals surface area contributed by atoms with Crippen molar-refractivity contribution >= 4 is 6.09 Å². The van der Waals surface area contributed by atoms with E-state index in [0.717, 1.165) is 35.4 Å². The van der Waals surface area contributed by atoms with Gasteiger partial charge in [-0.1, -0.05) is 35.5 Å². The molecule has 2 aromatic heterocycles. The van der Waals surface area contributed by atoms with Crippen molar-refractivity contribution in [1.29, 1.82) is 0 Å². The van der Waals surface area contributed by atoms with E-state index in [0.29, 0.717) is 12.3 Å². The number of benzene rings is 1. The van der Waals surface area contributed by atoms with E-state index < -0.39 is 5.60 Å². The first kappa shape index (κ1) is 18.3. The van der Waals surface area contributed by atoms with Crippen LogP contribution in [0.25, 0.3) is 22.6 Å². The van der Waals surface area contributed by atoms with Crippen LogP contribution in [-0.2, 0) is 4.74 Å². The van der Waals surface area contributed by atoms with Gasteiger partial charge in [0.05, 0.1) is 23.5 Å². The Morgan fingerprint density at radius 2 is 2.07 bits per heavy atom. The van der Waals surface area contributed by atoms with Gasteiger partial charge >= 0.3 is 6.09 Å². The minimum atomic E-state index is -0.531. The van der Waals surface area contributed by atoms with E-state index in [9.17, 15) is 4.79 Å². The lowest BCUT2D eigenvalue weighted by Crippen LogP contribution is -2.36. The molecule has 3 aromatic rings. The lowest BCUT2D eigenvalue weighted by Gasteiger charge is -2.28. The molecule has 0 unspecified atom stereocenters. The third-order valence-electron chi connectivity index (χ3n) is 4.73. The predicted molar refractivity (Wildman–Crippen MR) is 104 cm³/mol. The normalized spacial score (nSPS) is 17.1. The number of likely N-dealkylation sites (tertiary alicyclic amines) is 1. The van der Waals surface area contributed by atoms with E-state index in [2.05, 4.69) is 15.4 Å². The van der Waals surface area contributed by atoms with E-state index in [-0.39, 0.29) is 12.1 Å². The molecule has 0 bridgehead atoms. The van der Waals surface area contributed by atoms with Crippen LogP contribution in [0.2, 0.25) is 0 Å². The molecule has 28 heavy (non-hydrogen) atoms. The molecule has 1 atom stereocenters. The fourth-order valence-electron chi connectivity index (χ4n) is 3.50. The van der Waals surface area contributed by atoms with Gasteiger partial charge in [0.1, 0.15) is 11.3 Å². The van der Waals surface area contributed by atoms with Crippen LogP contribution >= 0.6 is 0 Å². The average molecular weight is 380 g/mol. The fraction of sp³-hybridized carbons (Fsp3) is 0.381. The van der Waals surface area contributed by atoms with Crippen molar-refractivity contribution in [3.63, 3.8) is 0 Å². The summed E-state index contributed by atoms with van der Waals surface area (Å²) in [4.78, 5) is 14.4. The highest BCUT2D eigenvalue weighted by atomic mass is 16.6. The van der Waals surface area contributed by atoms with Crippen molar-refractivity contribution < 1.29 is 14.1 Å². The molecule has 1 aliphatic rings. The summed E-state index contributed by atoms with van der Waals surface area (Å²) in [5, 5.41) is 11.4. The van der Waals surface area contributed by atoms with E-state index in [1.807, 2.05) is 57.2 Å². The Kier molecular flexibility index (Phi) is 4.66. The number of carbonyl (C=O) groups is 1. The minimum Gasteiger partial charge on any atom is -0.444 e. The molecule has 7 nitrogen and oxygen atoms in total. The molecule has 1 saturated heterocycles. The summed E-state index contributed by atoms with van der Waals surface area (Å²) in [5.74, 6) is 0.624. The van der Waals surface area contributed by atoms with Crippen LogP contribution in [0.1, 0.15) is 45.3 Å². The summed E-state index contributed by atoms with van der Waals surface area (Å²) in [6.45, 7) is 6.27. The molecule has 0 radical (unpaired) electrons. The lowest BCUT2D eigenvalue weighted by molar-refractivity contribution is 0.0222. The first-order chi connectivity index (χ1) is 13.4. The van der Waals surface area contributed by atoms with Gasteiger partial charge in [0, 0.05) is 18.2 Å². The topological polar surface area (TPSA) is 84.2 Å². The number of hydrogen-bond donors (Lipinski definition) is 1. The highest BCUT2D eigenvalue weighted by molar-refractivity contribution is 5.71. The molecule has 4 rings (SSSR count). The lowest BCUT2D eigenvalue weighted by atomic mass is 10.0. The van der Waals surface area contributed by atoms with Gasteiger partial charge in [0.15, 0.2) is 5.76 Å². The van der Waals surface area contributed by atoms with Gasteiger partial charge in [0.2, 0.25) is 0 Å². The number of amides is 1. The highest BCUT2D eigenvalue weighted by Crippen LogP contribution is 2.38. The van der Waals surface area contributed by atoms with Crippen LogP contribution in [0.5, 0.6) is 0 Å². The largest absolute Gasteiger partial charge is 0.444 e. The molecule has 1 N–H and O–H groups in total. The van der Waals surface area contributed by atoms with Crippen molar-refractivity contribution in [2.24, 2.45) is 0 Å². The second-order valence-electron chi connectivity index (χ2n) is 7.97. The first-order valence-corrected chi connectivity index (χ1v) is 9.48.